The van der Waals surface area contributed by atoms with E-state index >= 15 is 0 Å². The van der Waals surface area contributed by atoms with Crippen LogP contribution in [0.1, 0.15) is 41.2 Å². The van der Waals surface area contributed by atoms with Crippen LogP contribution in [0.4, 0.5) is 0 Å². The predicted octanol–water partition coefficient (Wildman–Crippen LogP) is 2.90. The second-order valence-electron chi connectivity index (χ2n) is 5.39. The zero-order chi connectivity index (χ0) is 14.0. The van der Waals surface area contributed by atoms with Crippen molar-refractivity contribution >= 4 is 6.29 Å². The van der Waals surface area contributed by atoms with Crippen LogP contribution in [0.5, 0.6) is 0 Å². The molecule has 0 amide bonds. The van der Waals surface area contributed by atoms with Crippen LogP contribution >= 0.6 is 0 Å². The van der Waals surface area contributed by atoms with Gasteiger partial charge < -0.3 is 0 Å². The topological polar surface area (TPSA) is 47.8 Å². The average Bonchev–Trinajstić information content (AvgIpc) is 2.69. The SMILES string of the molecule is Cc1cc(C)cc(-n2nnc(C=O)c2CC(C)C)c1. The van der Waals surface area contributed by atoms with Gasteiger partial charge in [0.25, 0.3) is 0 Å². The third-order valence-corrected chi connectivity index (χ3v) is 2.96. The summed E-state index contributed by atoms with van der Waals surface area (Å²) in [6.45, 7) is 8.34. The zero-order valence-electron chi connectivity index (χ0n) is 11.8. The molecule has 0 spiro atoms. The first-order chi connectivity index (χ1) is 9.01. The molecule has 4 heteroatoms. The molecule has 2 rings (SSSR count). The molecule has 0 radical (unpaired) electrons. The average molecular weight is 257 g/mol. The monoisotopic (exact) mass is 257 g/mol. The van der Waals surface area contributed by atoms with Gasteiger partial charge in [-0.1, -0.05) is 25.1 Å². The van der Waals surface area contributed by atoms with Gasteiger partial charge in [-0.25, -0.2) is 4.68 Å². The van der Waals surface area contributed by atoms with Crippen molar-refractivity contribution in [2.24, 2.45) is 5.92 Å². The Labute approximate surface area is 113 Å². The Morgan fingerprint density at radius 3 is 2.37 bits per heavy atom. The number of aromatic nitrogens is 3. The summed E-state index contributed by atoms with van der Waals surface area (Å²) < 4.78 is 1.78. The van der Waals surface area contributed by atoms with Gasteiger partial charge in [-0.15, -0.1) is 5.10 Å². The van der Waals surface area contributed by atoms with Gasteiger partial charge >= 0.3 is 0 Å². The zero-order valence-corrected chi connectivity index (χ0v) is 11.8. The summed E-state index contributed by atoms with van der Waals surface area (Å²) in [6.07, 6.45) is 1.57. The number of hydrogen-bond acceptors (Lipinski definition) is 3. The van der Waals surface area contributed by atoms with E-state index in [-0.39, 0.29) is 0 Å². The lowest BCUT2D eigenvalue weighted by Gasteiger charge is -2.10. The summed E-state index contributed by atoms with van der Waals surface area (Å²) in [4.78, 5) is 11.1. The quantitative estimate of drug-likeness (QED) is 0.791. The number of carbonyl (C=O) groups excluding carboxylic acids is 1. The first kappa shape index (κ1) is 13.5. The van der Waals surface area contributed by atoms with Crippen molar-refractivity contribution in [3.63, 3.8) is 0 Å². The molecule has 1 heterocycles. The Bertz CT molecular complexity index is 579. The van der Waals surface area contributed by atoms with Crippen LogP contribution in [0.3, 0.4) is 0 Å². The normalized spacial score (nSPS) is 11.0. The van der Waals surface area contributed by atoms with E-state index in [1.54, 1.807) is 4.68 Å². The molecule has 0 atom stereocenters. The van der Waals surface area contributed by atoms with Gasteiger partial charge in [0.2, 0.25) is 0 Å². The van der Waals surface area contributed by atoms with Crippen LogP contribution in [-0.4, -0.2) is 21.3 Å². The van der Waals surface area contributed by atoms with Crippen molar-refractivity contribution in [3.05, 3.63) is 40.7 Å². The number of nitrogens with zero attached hydrogens (tertiary/aromatic N) is 3. The molecule has 1 aromatic carbocycles. The number of benzene rings is 1. The molecule has 4 nitrogen and oxygen atoms in total. The molecule has 100 valence electrons. The molecule has 0 aliphatic heterocycles. The molecule has 1 aromatic heterocycles. The van der Waals surface area contributed by atoms with Crippen molar-refractivity contribution < 1.29 is 4.79 Å². The molecule has 0 unspecified atom stereocenters. The van der Waals surface area contributed by atoms with Crippen LogP contribution < -0.4 is 0 Å². The first-order valence-electron chi connectivity index (χ1n) is 6.49. The summed E-state index contributed by atoms with van der Waals surface area (Å²) in [5.41, 5.74) is 4.64. The van der Waals surface area contributed by atoms with Gasteiger partial charge in [0.05, 0.1) is 11.4 Å². The lowest BCUT2D eigenvalue weighted by molar-refractivity contribution is 0.111. The van der Waals surface area contributed by atoms with E-state index in [9.17, 15) is 4.79 Å². The standard InChI is InChI=1S/C15H19N3O/c1-10(2)5-15-14(9-19)16-17-18(15)13-7-11(3)6-12(4)8-13/h6-10H,5H2,1-4H3. The number of rotatable bonds is 4. The summed E-state index contributed by atoms with van der Waals surface area (Å²) >= 11 is 0. The molecule has 0 saturated carbocycles. The van der Waals surface area contributed by atoms with Gasteiger partial charge in [0.15, 0.2) is 6.29 Å². The van der Waals surface area contributed by atoms with Crippen molar-refractivity contribution in [3.8, 4) is 5.69 Å². The largest absolute Gasteiger partial charge is 0.296 e. The Hall–Kier alpha value is -1.97. The third-order valence-electron chi connectivity index (χ3n) is 2.96. The van der Waals surface area contributed by atoms with E-state index in [1.165, 1.54) is 11.1 Å². The van der Waals surface area contributed by atoms with E-state index in [0.717, 1.165) is 24.1 Å². The Balaban J connectivity index is 2.55. The number of carbonyl (C=O) groups is 1. The van der Waals surface area contributed by atoms with Crippen molar-refractivity contribution in [2.45, 2.75) is 34.1 Å². The molecule has 19 heavy (non-hydrogen) atoms. The smallest absolute Gasteiger partial charge is 0.172 e. The van der Waals surface area contributed by atoms with E-state index < -0.39 is 0 Å². The van der Waals surface area contributed by atoms with E-state index in [0.29, 0.717) is 11.6 Å². The molecule has 0 bridgehead atoms. The summed E-state index contributed by atoms with van der Waals surface area (Å²) in [5, 5.41) is 8.10. The van der Waals surface area contributed by atoms with Crippen LogP contribution in [0.2, 0.25) is 0 Å². The maximum absolute atomic E-state index is 11.1. The van der Waals surface area contributed by atoms with Crippen molar-refractivity contribution in [1.29, 1.82) is 0 Å². The van der Waals surface area contributed by atoms with Gasteiger partial charge in [0.1, 0.15) is 5.69 Å². The highest BCUT2D eigenvalue weighted by molar-refractivity contribution is 5.73. The molecule has 0 saturated heterocycles. The predicted molar refractivity (Wildman–Crippen MR) is 74.8 cm³/mol. The lowest BCUT2D eigenvalue weighted by atomic mass is 10.1. The molecular formula is C15H19N3O. The van der Waals surface area contributed by atoms with Gasteiger partial charge in [0, 0.05) is 0 Å². The van der Waals surface area contributed by atoms with Crippen molar-refractivity contribution in [2.75, 3.05) is 0 Å². The summed E-state index contributed by atoms with van der Waals surface area (Å²) in [5.74, 6) is 0.446. The fourth-order valence-corrected chi connectivity index (χ4v) is 2.26. The first-order valence-corrected chi connectivity index (χ1v) is 6.49. The van der Waals surface area contributed by atoms with Gasteiger partial charge in [-0.05, 0) is 49.4 Å². The Morgan fingerprint density at radius 1 is 1.21 bits per heavy atom. The minimum Gasteiger partial charge on any atom is -0.296 e. The second-order valence-corrected chi connectivity index (χ2v) is 5.39. The van der Waals surface area contributed by atoms with Crippen LogP contribution in [0, 0.1) is 19.8 Å². The fourth-order valence-electron chi connectivity index (χ4n) is 2.26. The van der Waals surface area contributed by atoms with Gasteiger partial charge in [-0.2, -0.15) is 0 Å². The van der Waals surface area contributed by atoms with E-state index in [4.69, 9.17) is 0 Å². The van der Waals surface area contributed by atoms with E-state index in [1.807, 2.05) is 0 Å². The summed E-state index contributed by atoms with van der Waals surface area (Å²) in [7, 11) is 0. The third kappa shape index (κ3) is 2.89. The lowest BCUT2D eigenvalue weighted by Crippen LogP contribution is -2.07. The van der Waals surface area contributed by atoms with Crippen LogP contribution in [-0.2, 0) is 6.42 Å². The molecule has 0 aliphatic rings. The van der Waals surface area contributed by atoms with Crippen LogP contribution in [0.25, 0.3) is 5.69 Å². The Morgan fingerprint density at radius 2 is 1.84 bits per heavy atom. The highest BCUT2D eigenvalue weighted by Gasteiger charge is 2.15. The van der Waals surface area contributed by atoms with Crippen LogP contribution in [0.15, 0.2) is 18.2 Å². The molecule has 0 aliphatic carbocycles. The minimum atomic E-state index is 0.438. The van der Waals surface area contributed by atoms with Gasteiger partial charge in [-0.3, -0.25) is 4.79 Å². The minimum absolute atomic E-state index is 0.438. The maximum atomic E-state index is 11.1. The highest BCUT2D eigenvalue weighted by Crippen LogP contribution is 2.18. The molecule has 0 fully saturated rings. The van der Waals surface area contributed by atoms with E-state index in [2.05, 4.69) is 56.2 Å². The Kier molecular flexibility index (Phi) is 3.79. The molecule has 2 aromatic rings. The molecular weight excluding hydrogens is 238 g/mol. The number of aldehydes is 1. The maximum Gasteiger partial charge on any atom is 0.172 e. The number of hydrogen-bond donors (Lipinski definition) is 0. The fraction of sp³-hybridized carbons (Fsp3) is 0.400. The number of aryl methyl sites for hydroxylation is 2. The highest BCUT2D eigenvalue weighted by atomic mass is 16.1. The summed E-state index contributed by atoms with van der Waals surface area (Å²) in [6, 6.07) is 6.23. The van der Waals surface area contributed by atoms with Crippen molar-refractivity contribution in [1.82, 2.24) is 15.0 Å². The molecule has 0 N–H and O–H groups in total. The second kappa shape index (κ2) is 5.34.